The van der Waals surface area contributed by atoms with Gasteiger partial charge >= 0.3 is 5.97 Å². The summed E-state index contributed by atoms with van der Waals surface area (Å²) in [5.41, 5.74) is 6.03. The molecule has 0 fully saturated rings. The first kappa shape index (κ1) is 14.2. The Kier molecular flexibility index (Phi) is 4.91. The van der Waals surface area contributed by atoms with Crippen LogP contribution in [-0.4, -0.2) is 30.1 Å². The highest BCUT2D eigenvalue weighted by atomic mass is 79.9. The molecular formula is C12H13BrN2O3. The molecule has 0 aromatic heterocycles. The van der Waals surface area contributed by atoms with Crippen LogP contribution in [0.3, 0.4) is 0 Å². The van der Waals surface area contributed by atoms with Crippen molar-refractivity contribution in [1.82, 2.24) is 0 Å². The standard InChI is InChI=1S/C12H13BrN2O3/c1-2-5-15(7-11(16)17)10-6-8(13)3-4-9(10)12(14)18/h2-4,6H,1,5,7H2,(H2,14,18)(H,16,17). The summed E-state index contributed by atoms with van der Waals surface area (Å²) in [4.78, 5) is 23.7. The quantitative estimate of drug-likeness (QED) is 0.782. The lowest BCUT2D eigenvalue weighted by atomic mass is 10.1. The third-order valence-corrected chi connectivity index (χ3v) is 2.73. The maximum absolute atomic E-state index is 11.3. The first-order valence-electron chi connectivity index (χ1n) is 5.12. The van der Waals surface area contributed by atoms with E-state index in [2.05, 4.69) is 22.5 Å². The SMILES string of the molecule is C=CCN(CC(=O)O)c1cc(Br)ccc1C(N)=O. The zero-order chi connectivity index (χ0) is 13.7. The second-order valence-electron chi connectivity index (χ2n) is 3.59. The largest absolute Gasteiger partial charge is 0.480 e. The van der Waals surface area contributed by atoms with Gasteiger partial charge in [0, 0.05) is 11.0 Å². The molecule has 3 N–H and O–H groups in total. The van der Waals surface area contributed by atoms with Gasteiger partial charge in [-0.2, -0.15) is 0 Å². The van der Waals surface area contributed by atoms with E-state index in [1.54, 1.807) is 24.3 Å². The molecule has 6 heteroatoms. The number of carbonyl (C=O) groups is 2. The first-order chi connectivity index (χ1) is 8.45. The molecule has 0 aliphatic carbocycles. The van der Waals surface area contributed by atoms with Gasteiger partial charge in [0.1, 0.15) is 6.54 Å². The average molecular weight is 313 g/mol. The first-order valence-corrected chi connectivity index (χ1v) is 5.92. The zero-order valence-electron chi connectivity index (χ0n) is 9.60. The number of carbonyl (C=O) groups excluding carboxylic acids is 1. The highest BCUT2D eigenvalue weighted by Crippen LogP contribution is 2.25. The van der Waals surface area contributed by atoms with Crippen LogP contribution in [0.5, 0.6) is 0 Å². The summed E-state index contributed by atoms with van der Waals surface area (Å²) in [5, 5.41) is 8.87. The van der Waals surface area contributed by atoms with E-state index in [9.17, 15) is 9.59 Å². The Morgan fingerprint density at radius 1 is 1.50 bits per heavy atom. The number of primary amides is 1. The highest BCUT2D eigenvalue weighted by Gasteiger charge is 2.16. The van der Waals surface area contributed by atoms with Crippen LogP contribution in [0.1, 0.15) is 10.4 Å². The number of benzene rings is 1. The molecule has 1 aromatic rings. The minimum absolute atomic E-state index is 0.233. The third kappa shape index (κ3) is 3.59. The number of anilines is 1. The minimum atomic E-state index is -0.993. The van der Waals surface area contributed by atoms with Crippen molar-refractivity contribution in [3.8, 4) is 0 Å². The number of carboxylic acid groups (broad SMARTS) is 1. The van der Waals surface area contributed by atoms with Crippen LogP contribution in [0.4, 0.5) is 5.69 Å². The van der Waals surface area contributed by atoms with Crippen LogP contribution in [0.25, 0.3) is 0 Å². The smallest absolute Gasteiger partial charge is 0.323 e. The average Bonchev–Trinajstić information content (AvgIpc) is 2.27. The van der Waals surface area contributed by atoms with Gasteiger partial charge in [0.25, 0.3) is 5.91 Å². The summed E-state index contributed by atoms with van der Waals surface area (Å²) in [6.07, 6.45) is 1.56. The molecule has 96 valence electrons. The van der Waals surface area contributed by atoms with Gasteiger partial charge in [-0.15, -0.1) is 6.58 Å². The molecule has 0 saturated carbocycles. The van der Waals surface area contributed by atoms with Crippen molar-refractivity contribution in [2.24, 2.45) is 5.73 Å². The molecule has 5 nitrogen and oxygen atoms in total. The maximum Gasteiger partial charge on any atom is 0.323 e. The summed E-state index contributed by atoms with van der Waals surface area (Å²) < 4.78 is 0.738. The fourth-order valence-corrected chi connectivity index (χ4v) is 1.89. The normalized spacial score (nSPS) is 9.83. The van der Waals surface area contributed by atoms with Crippen molar-refractivity contribution in [2.45, 2.75) is 0 Å². The van der Waals surface area contributed by atoms with Gasteiger partial charge in [0.05, 0.1) is 11.3 Å². The number of amides is 1. The van der Waals surface area contributed by atoms with Crippen molar-refractivity contribution >= 4 is 33.5 Å². The molecule has 18 heavy (non-hydrogen) atoms. The van der Waals surface area contributed by atoms with E-state index < -0.39 is 11.9 Å². The van der Waals surface area contributed by atoms with Gasteiger partial charge in [-0.1, -0.05) is 22.0 Å². The molecule has 0 bridgehead atoms. The number of aliphatic carboxylic acids is 1. The lowest BCUT2D eigenvalue weighted by Crippen LogP contribution is -2.31. The fourth-order valence-electron chi connectivity index (χ4n) is 1.54. The number of halogens is 1. The Morgan fingerprint density at radius 3 is 2.67 bits per heavy atom. The highest BCUT2D eigenvalue weighted by molar-refractivity contribution is 9.10. The van der Waals surface area contributed by atoms with E-state index in [4.69, 9.17) is 10.8 Å². The van der Waals surface area contributed by atoms with Crippen molar-refractivity contribution in [3.05, 3.63) is 40.9 Å². The monoisotopic (exact) mass is 312 g/mol. The molecule has 0 unspecified atom stereocenters. The number of hydrogen-bond donors (Lipinski definition) is 2. The summed E-state index contributed by atoms with van der Waals surface area (Å²) in [6.45, 7) is 3.64. The molecule has 1 rings (SSSR count). The lowest BCUT2D eigenvalue weighted by molar-refractivity contribution is -0.135. The van der Waals surface area contributed by atoms with Crippen molar-refractivity contribution in [3.63, 3.8) is 0 Å². The van der Waals surface area contributed by atoms with E-state index in [1.807, 2.05) is 0 Å². The summed E-state index contributed by atoms with van der Waals surface area (Å²) in [6, 6.07) is 4.89. The van der Waals surface area contributed by atoms with Gasteiger partial charge < -0.3 is 15.7 Å². The second-order valence-corrected chi connectivity index (χ2v) is 4.50. The second kappa shape index (κ2) is 6.20. The van der Waals surface area contributed by atoms with Gasteiger partial charge in [-0.05, 0) is 18.2 Å². The van der Waals surface area contributed by atoms with E-state index >= 15 is 0 Å². The molecule has 1 aromatic carbocycles. The predicted molar refractivity (Wildman–Crippen MR) is 72.7 cm³/mol. The fraction of sp³-hybridized carbons (Fsp3) is 0.167. The molecule has 0 spiro atoms. The molecule has 0 saturated heterocycles. The summed E-state index contributed by atoms with van der Waals surface area (Å²) in [5.74, 6) is -1.59. The molecule has 1 amide bonds. The van der Waals surface area contributed by atoms with Crippen LogP contribution in [0.15, 0.2) is 35.3 Å². The third-order valence-electron chi connectivity index (χ3n) is 2.24. The van der Waals surface area contributed by atoms with Gasteiger partial charge in [-0.3, -0.25) is 9.59 Å². The molecule has 0 radical (unpaired) electrons. The van der Waals surface area contributed by atoms with Gasteiger partial charge in [-0.25, -0.2) is 0 Å². The number of nitrogens with zero attached hydrogens (tertiary/aromatic N) is 1. The maximum atomic E-state index is 11.3. The Hall–Kier alpha value is -1.82. The number of rotatable bonds is 6. The van der Waals surface area contributed by atoms with Gasteiger partial charge in [0.15, 0.2) is 0 Å². The van der Waals surface area contributed by atoms with Crippen LogP contribution >= 0.6 is 15.9 Å². The van der Waals surface area contributed by atoms with Crippen LogP contribution in [0.2, 0.25) is 0 Å². The summed E-state index contributed by atoms with van der Waals surface area (Å²) >= 11 is 3.28. The van der Waals surface area contributed by atoms with Gasteiger partial charge in [0.2, 0.25) is 0 Å². The van der Waals surface area contributed by atoms with E-state index in [0.29, 0.717) is 12.2 Å². The number of carboxylic acids is 1. The zero-order valence-corrected chi connectivity index (χ0v) is 11.2. The Bertz CT molecular complexity index is 488. The number of hydrogen-bond acceptors (Lipinski definition) is 3. The Balaban J connectivity index is 3.23. The molecule has 0 aliphatic rings. The Morgan fingerprint density at radius 2 is 2.17 bits per heavy atom. The molecular weight excluding hydrogens is 300 g/mol. The lowest BCUT2D eigenvalue weighted by Gasteiger charge is -2.23. The van der Waals surface area contributed by atoms with E-state index in [0.717, 1.165) is 4.47 Å². The topological polar surface area (TPSA) is 83.6 Å². The summed E-state index contributed by atoms with van der Waals surface area (Å²) in [7, 11) is 0. The Labute approximate surface area is 113 Å². The van der Waals surface area contributed by atoms with Crippen LogP contribution in [0, 0.1) is 0 Å². The van der Waals surface area contributed by atoms with Crippen molar-refractivity contribution < 1.29 is 14.7 Å². The van der Waals surface area contributed by atoms with Crippen molar-refractivity contribution in [2.75, 3.05) is 18.0 Å². The van der Waals surface area contributed by atoms with E-state index in [-0.39, 0.29) is 12.1 Å². The molecule has 0 atom stereocenters. The number of nitrogens with two attached hydrogens (primary N) is 1. The van der Waals surface area contributed by atoms with Crippen LogP contribution in [-0.2, 0) is 4.79 Å². The van der Waals surface area contributed by atoms with E-state index in [1.165, 1.54) is 4.90 Å². The van der Waals surface area contributed by atoms with Crippen LogP contribution < -0.4 is 10.6 Å². The predicted octanol–water partition coefficient (Wildman–Crippen LogP) is 1.62. The molecule has 0 aliphatic heterocycles. The minimum Gasteiger partial charge on any atom is -0.480 e. The molecule has 0 heterocycles. The van der Waals surface area contributed by atoms with Crippen molar-refractivity contribution in [1.29, 1.82) is 0 Å².